The van der Waals surface area contributed by atoms with E-state index < -0.39 is 0 Å². The summed E-state index contributed by atoms with van der Waals surface area (Å²) in [6.07, 6.45) is 6.70. The molecule has 2 fully saturated rings. The molecule has 2 heterocycles. The first kappa shape index (κ1) is 26.7. The van der Waals surface area contributed by atoms with E-state index >= 15 is 0 Å². The van der Waals surface area contributed by atoms with Crippen molar-refractivity contribution in [3.63, 3.8) is 0 Å². The number of hydrogen-bond donors (Lipinski definition) is 0. The molecule has 3 aromatic rings. The SMILES string of the molecule is BC(B)(B)OC1CC(CN(C(=C)c2cc3cccnc3n2CC2CC2)c2c(C)cc(C(C)=O)cc2OC)C1. The molecule has 6 nitrogen and oxygen atoms in total. The Labute approximate surface area is 229 Å². The minimum absolute atomic E-state index is 0.0279. The van der Waals surface area contributed by atoms with E-state index in [1.165, 1.54) is 12.8 Å². The molecule has 9 heteroatoms. The van der Waals surface area contributed by atoms with Gasteiger partial charge in [-0.25, -0.2) is 4.98 Å². The van der Waals surface area contributed by atoms with Crippen LogP contribution in [0.4, 0.5) is 5.69 Å². The van der Waals surface area contributed by atoms with Gasteiger partial charge in [0.2, 0.25) is 0 Å². The topological polar surface area (TPSA) is 56.6 Å². The van der Waals surface area contributed by atoms with Crippen LogP contribution in [0.1, 0.15) is 54.2 Å². The third kappa shape index (κ3) is 5.58. The van der Waals surface area contributed by atoms with Crippen molar-refractivity contribution in [2.45, 2.75) is 57.5 Å². The highest BCUT2D eigenvalue weighted by molar-refractivity contribution is 6.58. The fourth-order valence-electron chi connectivity index (χ4n) is 5.67. The van der Waals surface area contributed by atoms with Crippen LogP contribution >= 0.6 is 0 Å². The van der Waals surface area contributed by atoms with Gasteiger partial charge in [-0.15, -0.1) is 0 Å². The van der Waals surface area contributed by atoms with Crippen LogP contribution in [0.2, 0.25) is 0 Å². The smallest absolute Gasteiger partial charge is 0.159 e. The number of fused-ring (bicyclic) bond motifs is 1. The Morgan fingerprint density at radius 1 is 1.21 bits per heavy atom. The third-order valence-electron chi connectivity index (χ3n) is 7.73. The Hall–Kier alpha value is -2.93. The number of ketones is 1. The summed E-state index contributed by atoms with van der Waals surface area (Å²) >= 11 is 0. The van der Waals surface area contributed by atoms with Crippen molar-refractivity contribution in [3.05, 3.63) is 59.9 Å². The van der Waals surface area contributed by atoms with Gasteiger partial charge in [0, 0.05) is 30.2 Å². The number of pyridine rings is 1. The van der Waals surface area contributed by atoms with Crippen molar-refractivity contribution in [1.82, 2.24) is 9.55 Å². The van der Waals surface area contributed by atoms with Gasteiger partial charge < -0.3 is 18.9 Å². The van der Waals surface area contributed by atoms with E-state index in [1.807, 2.05) is 24.4 Å². The van der Waals surface area contributed by atoms with Crippen LogP contribution in [0.3, 0.4) is 0 Å². The number of carbonyl (C=O) groups is 1. The van der Waals surface area contributed by atoms with Gasteiger partial charge in [-0.05, 0) is 92.6 Å². The van der Waals surface area contributed by atoms with Gasteiger partial charge in [0.25, 0.3) is 0 Å². The van der Waals surface area contributed by atoms with Gasteiger partial charge >= 0.3 is 0 Å². The zero-order valence-corrected chi connectivity index (χ0v) is 23.7. The lowest BCUT2D eigenvalue weighted by molar-refractivity contribution is -0.0334. The Bertz CT molecular complexity index is 1370. The second-order valence-corrected chi connectivity index (χ2v) is 12.1. The molecule has 0 amide bonds. The summed E-state index contributed by atoms with van der Waals surface area (Å²) in [7, 11) is 8.03. The highest BCUT2D eigenvalue weighted by atomic mass is 16.5. The van der Waals surface area contributed by atoms with Crippen LogP contribution in [-0.4, -0.2) is 63.9 Å². The number of carbonyl (C=O) groups excluding carboxylic acids is 1. The molecule has 2 aliphatic rings. The number of aryl methyl sites for hydroxylation is 1. The number of Topliss-reactive ketones (excluding diaryl/α,β-unsaturated/α-hetero) is 1. The Kier molecular flexibility index (Phi) is 7.25. The molecule has 2 saturated carbocycles. The molecule has 0 radical (unpaired) electrons. The van der Waals surface area contributed by atoms with Crippen molar-refractivity contribution in [1.29, 1.82) is 0 Å². The Morgan fingerprint density at radius 3 is 2.58 bits per heavy atom. The van der Waals surface area contributed by atoms with Gasteiger partial charge in [-0.2, -0.15) is 0 Å². The average Bonchev–Trinajstić information content (AvgIpc) is 3.58. The molecule has 0 unspecified atom stereocenters. The second kappa shape index (κ2) is 10.3. The first-order chi connectivity index (χ1) is 18.0. The van der Waals surface area contributed by atoms with E-state index in [1.54, 1.807) is 14.0 Å². The molecule has 0 atom stereocenters. The van der Waals surface area contributed by atoms with Gasteiger partial charge in [-0.3, -0.25) is 4.79 Å². The van der Waals surface area contributed by atoms with Gasteiger partial charge in [0.1, 0.15) is 34.9 Å². The molecule has 0 saturated heterocycles. The zero-order chi connectivity index (χ0) is 27.2. The predicted octanol–water partition coefficient (Wildman–Crippen LogP) is 2.75. The van der Waals surface area contributed by atoms with Crippen LogP contribution in [0.15, 0.2) is 43.1 Å². The summed E-state index contributed by atoms with van der Waals surface area (Å²) in [6.45, 7) is 10.1. The number of aromatic nitrogens is 2. The van der Waals surface area contributed by atoms with E-state index in [0.717, 1.165) is 59.6 Å². The van der Waals surface area contributed by atoms with Crippen molar-refractivity contribution < 1.29 is 14.3 Å². The number of nitrogens with zero attached hydrogens (tertiary/aromatic N) is 3. The van der Waals surface area contributed by atoms with E-state index in [-0.39, 0.29) is 17.2 Å². The normalized spacial score (nSPS) is 19.2. The second-order valence-electron chi connectivity index (χ2n) is 12.1. The quantitative estimate of drug-likeness (QED) is 0.294. The molecule has 0 N–H and O–H groups in total. The largest absolute Gasteiger partial charge is 0.495 e. The lowest BCUT2D eigenvalue weighted by Crippen LogP contribution is -2.46. The lowest BCUT2D eigenvalue weighted by Gasteiger charge is -2.43. The van der Waals surface area contributed by atoms with Crippen molar-refractivity contribution in [2.24, 2.45) is 11.8 Å². The van der Waals surface area contributed by atoms with Crippen LogP contribution in [-0.2, 0) is 11.3 Å². The molecule has 196 valence electrons. The highest BCUT2D eigenvalue weighted by Crippen LogP contribution is 2.42. The Balaban J connectivity index is 1.54. The minimum atomic E-state index is -0.141. The molecule has 0 aliphatic heterocycles. The number of benzene rings is 1. The lowest BCUT2D eigenvalue weighted by atomic mass is 9.52. The average molecular weight is 509 g/mol. The van der Waals surface area contributed by atoms with Crippen molar-refractivity contribution >= 4 is 51.7 Å². The van der Waals surface area contributed by atoms with Gasteiger partial charge in [0.15, 0.2) is 5.78 Å². The van der Waals surface area contributed by atoms with Crippen LogP contribution in [0.5, 0.6) is 5.75 Å². The maximum absolute atomic E-state index is 12.2. The molecular weight excluding hydrogens is 471 g/mol. The molecule has 38 heavy (non-hydrogen) atoms. The third-order valence-corrected chi connectivity index (χ3v) is 7.73. The van der Waals surface area contributed by atoms with E-state index in [2.05, 4.69) is 58.6 Å². The molecular formula is C29H38B3N3O3. The fraction of sp³-hybridized carbons (Fsp3) is 0.448. The summed E-state index contributed by atoms with van der Waals surface area (Å²) < 4.78 is 14.5. The Morgan fingerprint density at radius 2 is 1.95 bits per heavy atom. The number of anilines is 1. The predicted molar refractivity (Wildman–Crippen MR) is 163 cm³/mol. The van der Waals surface area contributed by atoms with Crippen LogP contribution < -0.4 is 9.64 Å². The monoisotopic (exact) mass is 509 g/mol. The van der Waals surface area contributed by atoms with E-state index in [0.29, 0.717) is 23.1 Å². The first-order valence-corrected chi connectivity index (χ1v) is 13.8. The molecule has 1 aromatic carbocycles. The molecule has 0 spiro atoms. The number of rotatable bonds is 11. The summed E-state index contributed by atoms with van der Waals surface area (Å²) in [5, 5.41) is 0.986. The van der Waals surface area contributed by atoms with Crippen molar-refractivity contribution in [2.75, 3.05) is 18.6 Å². The van der Waals surface area contributed by atoms with Crippen LogP contribution in [0.25, 0.3) is 16.7 Å². The van der Waals surface area contributed by atoms with E-state index in [4.69, 9.17) is 14.5 Å². The van der Waals surface area contributed by atoms with E-state index in [9.17, 15) is 4.79 Å². The number of hydrogen-bond acceptors (Lipinski definition) is 5. The molecule has 5 rings (SSSR count). The zero-order valence-electron chi connectivity index (χ0n) is 23.7. The molecule has 2 aromatic heterocycles. The first-order valence-electron chi connectivity index (χ1n) is 13.8. The summed E-state index contributed by atoms with van der Waals surface area (Å²) in [4.78, 5) is 19.3. The summed E-state index contributed by atoms with van der Waals surface area (Å²) in [6, 6.07) is 10.2. The summed E-state index contributed by atoms with van der Waals surface area (Å²) in [5.74, 6) is 1.89. The number of ether oxygens (including phenoxy) is 2. The van der Waals surface area contributed by atoms with Crippen molar-refractivity contribution in [3.8, 4) is 5.75 Å². The molecule has 2 aliphatic carbocycles. The summed E-state index contributed by atoms with van der Waals surface area (Å²) in [5.41, 5.74) is 5.65. The van der Waals surface area contributed by atoms with Gasteiger partial charge in [-0.1, -0.05) is 6.58 Å². The van der Waals surface area contributed by atoms with Gasteiger partial charge in [0.05, 0.1) is 30.3 Å². The van der Waals surface area contributed by atoms with Crippen LogP contribution in [0, 0.1) is 18.8 Å². The highest BCUT2D eigenvalue weighted by Gasteiger charge is 2.36. The maximum atomic E-state index is 12.2. The fourth-order valence-corrected chi connectivity index (χ4v) is 5.67. The maximum Gasteiger partial charge on any atom is 0.159 e. The molecule has 0 bridgehead atoms. The number of methoxy groups -OCH3 is 1. The standard InChI is InChI=1S/C29H38B3N3O3/c1-17-10-23(19(3)36)14-26(37-4)27(17)34(16-21-11-24(12-21)38-29(30,31)32)18(2)25-13-22-6-5-9-33-28(22)35(25)15-20-7-8-20/h5-6,9-10,13-14,20-21,24H,2,7-8,11-12,15-16,30-32H2,1,3-4H3. The minimum Gasteiger partial charge on any atom is -0.495 e.